The molecule has 0 unspecified atom stereocenters. The Morgan fingerprint density at radius 3 is 1.79 bits per heavy atom. The normalized spacial score (nSPS) is 11.9. The number of hydrogen-bond acceptors (Lipinski definition) is 3. The van der Waals surface area contributed by atoms with E-state index in [2.05, 4.69) is 191 Å². The van der Waals surface area contributed by atoms with Gasteiger partial charge in [-0.2, -0.15) is 0 Å². The number of nitrogens with zero attached hydrogens (tertiary/aromatic N) is 2. The molecule has 0 atom stereocenters. The second kappa shape index (κ2) is 12.0. The first-order valence-electron chi connectivity index (χ1n) is 19.0. The summed E-state index contributed by atoms with van der Waals surface area (Å²) in [6.45, 7) is 0. The number of furan rings is 2. The molecule has 3 aromatic heterocycles. The number of rotatable bonds is 5. The molecule has 12 rings (SSSR count). The molecule has 0 amide bonds. The van der Waals surface area contributed by atoms with Gasteiger partial charge in [0.15, 0.2) is 0 Å². The minimum absolute atomic E-state index is 0.847. The minimum Gasteiger partial charge on any atom is -0.456 e. The fourth-order valence-corrected chi connectivity index (χ4v) is 8.89. The Morgan fingerprint density at radius 2 is 0.946 bits per heavy atom. The fraction of sp³-hybridized carbons (Fsp3) is 0. The van der Waals surface area contributed by atoms with Crippen LogP contribution in [0.1, 0.15) is 0 Å². The Balaban J connectivity index is 1.12. The number of benzene rings is 9. The van der Waals surface area contributed by atoms with Crippen LogP contribution in [-0.4, -0.2) is 4.57 Å². The van der Waals surface area contributed by atoms with Crippen LogP contribution in [-0.2, 0) is 0 Å². The Kier molecular flexibility index (Phi) is 6.60. The third-order valence-electron chi connectivity index (χ3n) is 11.3. The Labute approximate surface area is 321 Å². The number of hydrogen-bond donors (Lipinski definition) is 0. The van der Waals surface area contributed by atoms with Crippen LogP contribution in [0.15, 0.2) is 203 Å². The van der Waals surface area contributed by atoms with Crippen molar-refractivity contribution in [2.75, 3.05) is 4.90 Å². The van der Waals surface area contributed by atoms with Gasteiger partial charge in [0.2, 0.25) is 0 Å². The van der Waals surface area contributed by atoms with E-state index in [9.17, 15) is 0 Å². The summed E-state index contributed by atoms with van der Waals surface area (Å²) in [5, 5.41) is 9.24. The van der Waals surface area contributed by atoms with Crippen molar-refractivity contribution in [1.82, 2.24) is 4.57 Å². The highest BCUT2D eigenvalue weighted by Crippen LogP contribution is 2.46. The van der Waals surface area contributed by atoms with E-state index < -0.39 is 0 Å². The van der Waals surface area contributed by atoms with Crippen LogP contribution < -0.4 is 4.90 Å². The summed E-state index contributed by atoms with van der Waals surface area (Å²) in [7, 11) is 0. The SMILES string of the molecule is c1cc(N(c2ccc3c(c2)oc2ccccc23)c2ccccc2-c2cccc3oc4cc5ccccc5cc4c23)cc(-n2c3ccccc3c3ccccc32)c1. The lowest BCUT2D eigenvalue weighted by atomic mass is 9.96. The summed E-state index contributed by atoms with van der Waals surface area (Å²) in [4.78, 5) is 2.37. The van der Waals surface area contributed by atoms with Crippen molar-refractivity contribution in [3.8, 4) is 16.8 Å². The van der Waals surface area contributed by atoms with Crippen LogP contribution in [0.4, 0.5) is 17.1 Å². The lowest BCUT2D eigenvalue weighted by Crippen LogP contribution is -2.11. The minimum atomic E-state index is 0.847. The highest BCUT2D eigenvalue weighted by molar-refractivity contribution is 6.17. The molecule has 0 radical (unpaired) electrons. The number of fused-ring (bicyclic) bond motifs is 10. The van der Waals surface area contributed by atoms with E-state index in [1.54, 1.807) is 0 Å². The monoisotopic (exact) mass is 716 g/mol. The average molecular weight is 717 g/mol. The summed E-state index contributed by atoms with van der Waals surface area (Å²) >= 11 is 0. The van der Waals surface area contributed by atoms with Gasteiger partial charge >= 0.3 is 0 Å². The molecule has 0 saturated carbocycles. The molecule has 0 N–H and O–H groups in total. The molecule has 9 aromatic carbocycles. The van der Waals surface area contributed by atoms with Crippen molar-refractivity contribution >= 4 is 93.5 Å². The van der Waals surface area contributed by atoms with Gasteiger partial charge in [-0.05, 0) is 89.1 Å². The first-order valence-corrected chi connectivity index (χ1v) is 19.0. The zero-order chi connectivity index (χ0) is 36.7. The number of anilines is 3. The first kappa shape index (κ1) is 30.9. The molecule has 0 aliphatic rings. The van der Waals surface area contributed by atoms with Crippen molar-refractivity contribution in [2.45, 2.75) is 0 Å². The summed E-state index contributed by atoms with van der Waals surface area (Å²) in [5.41, 5.74) is 12.2. The topological polar surface area (TPSA) is 34.5 Å². The van der Waals surface area contributed by atoms with Crippen molar-refractivity contribution in [1.29, 1.82) is 0 Å². The summed E-state index contributed by atoms with van der Waals surface area (Å²) in [5.74, 6) is 0. The quantitative estimate of drug-likeness (QED) is 0.178. The third kappa shape index (κ3) is 4.60. The molecule has 262 valence electrons. The van der Waals surface area contributed by atoms with E-state index in [4.69, 9.17) is 8.83 Å². The zero-order valence-electron chi connectivity index (χ0n) is 30.2. The summed E-state index contributed by atoms with van der Waals surface area (Å²) in [6.07, 6.45) is 0. The van der Waals surface area contributed by atoms with E-state index in [0.717, 1.165) is 83.1 Å². The standard InChI is InChI=1S/C52H32N2O2/c1-2-14-34-30-50-44(29-33(34)13-1)52-43(21-12-26-49(52)56-50)40-19-5-7-22-45(40)53(37-27-28-42-41-20-6-10-25-48(41)55-51(42)32-37)35-15-11-16-36(31-35)54-46-23-8-3-17-38(46)39-18-4-9-24-47(39)54/h1-32H. The Morgan fingerprint density at radius 1 is 0.357 bits per heavy atom. The summed E-state index contributed by atoms with van der Waals surface area (Å²) in [6, 6.07) is 69.1. The predicted octanol–water partition coefficient (Wildman–Crippen LogP) is 14.9. The average Bonchev–Trinajstić information content (AvgIpc) is 3.92. The Hall–Kier alpha value is -7.56. The molecule has 0 bridgehead atoms. The number of aromatic nitrogens is 1. The zero-order valence-corrected chi connectivity index (χ0v) is 30.2. The first-order chi connectivity index (χ1) is 27.8. The van der Waals surface area contributed by atoms with Gasteiger partial charge in [-0.1, -0.05) is 115 Å². The molecule has 0 fully saturated rings. The van der Waals surface area contributed by atoms with Gasteiger partial charge < -0.3 is 18.3 Å². The second-order valence-electron chi connectivity index (χ2n) is 14.5. The van der Waals surface area contributed by atoms with Crippen molar-refractivity contribution in [2.24, 2.45) is 0 Å². The van der Waals surface area contributed by atoms with E-state index in [-0.39, 0.29) is 0 Å². The van der Waals surface area contributed by atoms with Crippen LogP contribution in [0.2, 0.25) is 0 Å². The molecule has 4 heteroatoms. The largest absolute Gasteiger partial charge is 0.456 e. The van der Waals surface area contributed by atoms with Crippen LogP contribution in [0.3, 0.4) is 0 Å². The third-order valence-corrected chi connectivity index (χ3v) is 11.3. The summed E-state index contributed by atoms with van der Waals surface area (Å²) < 4.78 is 15.4. The van der Waals surface area contributed by atoms with Crippen LogP contribution in [0.25, 0.3) is 93.3 Å². The molecule has 4 nitrogen and oxygen atoms in total. The predicted molar refractivity (Wildman–Crippen MR) is 233 cm³/mol. The lowest BCUT2D eigenvalue weighted by Gasteiger charge is -2.28. The molecule has 0 saturated heterocycles. The molecule has 3 heterocycles. The van der Waals surface area contributed by atoms with E-state index in [1.165, 1.54) is 27.2 Å². The lowest BCUT2D eigenvalue weighted by molar-refractivity contribution is 0.669. The molecular weight excluding hydrogens is 685 g/mol. The molecule has 0 aliphatic heterocycles. The maximum atomic E-state index is 6.57. The molecule has 0 spiro atoms. The van der Waals surface area contributed by atoms with Gasteiger partial charge in [-0.3, -0.25) is 0 Å². The number of para-hydroxylation sites is 4. The van der Waals surface area contributed by atoms with Crippen LogP contribution in [0, 0.1) is 0 Å². The maximum Gasteiger partial charge on any atom is 0.137 e. The highest BCUT2D eigenvalue weighted by atomic mass is 16.3. The van der Waals surface area contributed by atoms with Gasteiger partial charge in [0, 0.05) is 61.0 Å². The maximum absolute atomic E-state index is 6.57. The molecule has 0 aliphatic carbocycles. The second-order valence-corrected chi connectivity index (χ2v) is 14.5. The van der Waals surface area contributed by atoms with Gasteiger partial charge in [-0.25, -0.2) is 0 Å². The van der Waals surface area contributed by atoms with Crippen LogP contribution >= 0.6 is 0 Å². The van der Waals surface area contributed by atoms with Gasteiger partial charge in [0.05, 0.1) is 16.7 Å². The molecular formula is C52H32N2O2. The van der Waals surface area contributed by atoms with Crippen molar-refractivity contribution in [3.05, 3.63) is 194 Å². The van der Waals surface area contributed by atoms with E-state index in [1.807, 2.05) is 12.1 Å². The van der Waals surface area contributed by atoms with E-state index in [0.29, 0.717) is 0 Å². The Bertz CT molecular complexity index is 3460. The van der Waals surface area contributed by atoms with Crippen molar-refractivity contribution < 1.29 is 8.83 Å². The highest BCUT2D eigenvalue weighted by Gasteiger charge is 2.22. The molecule has 56 heavy (non-hydrogen) atoms. The molecule has 12 aromatic rings. The smallest absolute Gasteiger partial charge is 0.137 e. The fourth-order valence-electron chi connectivity index (χ4n) is 8.89. The van der Waals surface area contributed by atoms with Gasteiger partial charge in [-0.15, -0.1) is 0 Å². The van der Waals surface area contributed by atoms with E-state index >= 15 is 0 Å². The van der Waals surface area contributed by atoms with Crippen molar-refractivity contribution in [3.63, 3.8) is 0 Å². The van der Waals surface area contributed by atoms with Gasteiger partial charge in [0.1, 0.15) is 22.3 Å². The van der Waals surface area contributed by atoms with Gasteiger partial charge in [0.25, 0.3) is 0 Å². The van der Waals surface area contributed by atoms with Crippen LogP contribution in [0.5, 0.6) is 0 Å².